The molecule has 30 heavy (non-hydrogen) atoms. The number of ether oxygens (including phenoxy) is 2. The molecule has 2 N–H and O–H groups in total. The second-order valence-corrected chi connectivity index (χ2v) is 7.54. The van der Waals surface area contributed by atoms with Crippen molar-refractivity contribution in [2.24, 2.45) is 5.73 Å². The summed E-state index contributed by atoms with van der Waals surface area (Å²) in [6.45, 7) is 0.300. The normalized spacial score (nSPS) is 13.7. The summed E-state index contributed by atoms with van der Waals surface area (Å²) in [6.07, 6.45) is 0.0525. The number of primary amides is 1. The fourth-order valence-electron chi connectivity index (χ4n) is 3.34. The molecule has 0 fully saturated rings. The molecule has 0 spiro atoms. The van der Waals surface area contributed by atoms with E-state index in [-0.39, 0.29) is 31.9 Å². The molecule has 2 aromatic carbocycles. The van der Waals surface area contributed by atoms with Gasteiger partial charge in [-0.3, -0.25) is 14.4 Å². The predicted molar refractivity (Wildman–Crippen MR) is 111 cm³/mol. The Hall–Kier alpha value is -2.77. The molecule has 0 bridgehead atoms. The van der Waals surface area contributed by atoms with Crippen molar-refractivity contribution in [2.45, 2.75) is 32.0 Å². The Labute approximate surface area is 183 Å². The molecule has 0 saturated carbocycles. The van der Waals surface area contributed by atoms with Gasteiger partial charge in [0, 0.05) is 23.1 Å². The molecule has 1 aliphatic rings. The van der Waals surface area contributed by atoms with E-state index in [0.717, 1.165) is 0 Å². The molecule has 0 aromatic heterocycles. The minimum atomic E-state index is -0.931. The second kappa shape index (κ2) is 9.36. The third-order valence-corrected chi connectivity index (χ3v) is 5.78. The van der Waals surface area contributed by atoms with Crippen LogP contribution in [0.3, 0.4) is 0 Å². The molecule has 1 aliphatic heterocycles. The Bertz CT molecular complexity index is 995. The van der Waals surface area contributed by atoms with Gasteiger partial charge in [0.15, 0.2) is 0 Å². The minimum Gasteiger partial charge on any atom is -0.488 e. The summed E-state index contributed by atoms with van der Waals surface area (Å²) in [6, 6.07) is 9.42. The molecule has 158 valence electrons. The lowest BCUT2D eigenvalue weighted by Crippen LogP contribution is -2.45. The fraction of sp³-hybridized carbons (Fsp3) is 0.286. The highest BCUT2D eigenvalue weighted by Gasteiger charge is 2.37. The van der Waals surface area contributed by atoms with Crippen LogP contribution in [0.4, 0.5) is 0 Å². The van der Waals surface area contributed by atoms with Gasteiger partial charge < -0.3 is 20.1 Å². The Morgan fingerprint density at radius 3 is 2.63 bits per heavy atom. The monoisotopic (exact) mass is 450 g/mol. The first-order valence-electron chi connectivity index (χ1n) is 9.18. The highest BCUT2D eigenvalue weighted by Crippen LogP contribution is 2.34. The van der Waals surface area contributed by atoms with Crippen LogP contribution in [0.15, 0.2) is 36.4 Å². The lowest BCUT2D eigenvalue weighted by atomic mass is 10.1. The van der Waals surface area contributed by atoms with Gasteiger partial charge >= 0.3 is 5.97 Å². The summed E-state index contributed by atoms with van der Waals surface area (Å²) in [4.78, 5) is 37.7. The summed E-state index contributed by atoms with van der Waals surface area (Å²) >= 11 is 12.2. The van der Waals surface area contributed by atoms with E-state index in [2.05, 4.69) is 4.74 Å². The first-order valence-corrected chi connectivity index (χ1v) is 9.93. The number of halogens is 2. The zero-order valence-electron chi connectivity index (χ0n) is 16.2. The standard InChI is InChI=1S/C21H20Cl2N2O5/c1-29-18(26)9-8-16(20(24)27)25-10-14-13(21(25)28)5-3-7-17(14)30-11-12-4-2-6-15(22)19(12)23/h2-7,16H,8-11H2,1H3,(H2,24,27). The average Bonchev–Trinajstić information content (AvgIpc) is 3.06. The number of nitrogens with two attached hydrogens (primary N) is 1. The summed E-state index contributed by atoms with van der Waals surface area (Å²) < 4.78 is 10.5. The van der Waals surface area contributed by atoms with E-state index in [9.17, 15) is 14.4 Å². The number of fused-ring (bicyclic) bond motifs is 1. The van der Waals surface area contributed by atoms with Crippen molar-refractivity contribution in [1.29, 1.82) is 0 Å². The number of nitrogens with zero attached hydrogens (tertiary/aromatic N) is 1. The first kappa shape index (κ1) is 21.9. The number of hydrogen-bond donors (Lipinski definition) is 1. The van der Waals surface area contributed by atoms with Crippen molar-refractivity contribution < 1.29 is 23.9 Å². The number of rotatable bonds is 8. The van der Waals surface area contributed by atoms with Crippen LogP contribution in [0.5, 0.6) is 5.75 Å². The number of hydrogen-bond acceptors (Lipinski definition) is 5. The molecular formula is C21H20Cl2N2O5. The van der Waals surface area contributed by atoms with E-state index in [1.807, 2.05) is 0 Å². The number of carbonyl (C=O) groups is 3. The molecule has 3 rings (SSSR count). The summed E-state index contributed by atoms with van der Waals surface area (Å²) in [5.74, 6) is -1.01. The predicted octanol–water partition coefficient (Wildman–Crippen LogP) is 3.34. The number of carbonyl (C=O) groups excluding carboxylic acids is 3. The fourth-order valence-corrected chi connectivity index (χ4v) is 3.71. The van der Waals surface area contributed by atoms with E-state index in [4.69, 9.17) is 33.7 Å². The van der Waals surface area contributed by atoms with Gasteiger partial charge in [-0.15, -0.1) is 0 Å². The molecule has 0 radical (unpaired) electrons. The Morgan fingerprint density at radius 2 is 1.93 bits per heavy atom. The van der Waals surface area contributed by atoms with E-state index >= 15 is 0 Å². The Morgan fingerprint density at radius 1 is 1.20 bits per heavy atom. The summed E-state index contributed by atoms with van der Waals surface area (Å²) in [5, 5.41) is 0.827. The minimum absolute atomic E-state index is 0.0269. The van der Waals surface area contributed by atoms with Crippen LogP contribution < -0.4 is 10.5 Å². The molecule has 2 amide bonds. The van der Waals surface area contributed by atoms with Crippen LogP contribution in [0.2, 0.25) is 10.0 Å². The highest BCUT2D eigenvalue weighted by molar-refractivity contribution is 6.42. The molecular weight excluding hydrogens is 431 g/mol. The van der Waals surface area contributed by atoms with Crippen LogP contribution in [0, 0.1) is 0 Å². The first-order chi connectivity index (χ1) is 14.3. The van der Waals surface area contributed by atoms with Gasteiger partial charge in [0.25, 0.3) is 5.91 Å². The average molecular weight is 451 g/mol. The zero-order valence-corrected chi connectivity index (χ0v) is 17.7. The van der Waals surface area contributed by atoms with Crippen molar-refractivity contribution in [3.63, 3.8) is 0 Å². The van der Waals surface area contributed by atoms with Crippen LogP contribution in [-0.2, 0) is 27.5 Å². The topological polar surface area (TPSA) is 98.9 Å². The van der Waals surface area contributed by atoms with E-state index in [1.165, 1.54) is 12.0 Å². The van der Waals surface area contributed by atoms with Gasteiger partial charge in [-0.2, -0.15) is 0 Å². The van der Waals surface area contributed by atoms with E-state index in [1.54, 1.807) is 36.4 Å². The molecule has 7 nitrogen and oxygen atoms in total. The highest BCUT2D eigenvalue weighted by atomic mass is 35.5. The molecule has 2 aromatic rings. The zero-order chi connectivity index (χ0) is 21.8. The van der Waals surface area contributed by atoms with Gasteiger partial charge in [0.05, 0.1) is 23.7 Å². The number of amides is 2. The van der Waals surface area contributed by atoms with Crippen molar-refractivity contribution in [2.75, 3.05) is 7.11 Å². The quantitative estimate of drug-likeness (QED) is 0.621. The van der Waals surface area contributed by atoms with E-state index < -0.39 is 17.9 Å². The van der Waals surface area contributed by atoms with Gasteiger partial charge in [-0.05, 0) is 24.6 Å². The lowest BCUT2D eigenvalue weighted by Gasteiger charge is -2.24. The largest absolute Gasteiger partial charge is 0.488 e. The molecule has 1 atom stereocenters. The molecule has 9 heteroatoms. The Kier molecular flexibility index (Phi) is 6.84. The van der Waals surface area contributed by atoms with Crippen molar-refractivity contribution in [1.82, 2.24) is 4.90 Å². The van der Waals surface area contributed by atoms with Crippen molar-refractivity contribution in [3.8, 4) is 5.75 Å². The van der Waals surface area contributed by atoms with Crippen LogP contribution in [-0.4, -0.2) is 35.8 Å². The SMILES string of the molecule is COC(=O)CCC(C(N)=O)N1Cc2c(OCc3cccc(Cl)c3Cl)cccc2C1=O. The smallest absolute Gasteiger partial charge is 0.305 e. The maximum atomic E-state index is 12.9. The third-order valence-electron chi connectivity index (χ3n) is 4.92. The molecule has 0 aliphatic carbocycles. The van der Waals surface area contributed by atoms with Crippen molar-refractivity contribution in [3.05, 3.63) is 63.1 Å². The van der Waals surface area contributed by atoms with E-state index in [0.29, 0.717) is 32.5 Å². The molecule has 1 unspecified atom stereocenters. The summed E-state index contributed by atoms with van der Waals surface area (Å²) in [5.41, 5.74) is 7.27. The van der Waals surface area contributed by atoms with Gasteiger partial charge in [0.1, 0.15) is 18.4 Å². The molecule has 0 saturated heterocycles. The van der Waals surface area contributed by atoms with Crippen LogP contribution >= 0.6 is 23.2 Å². The maximum Gasteiger partial charge on any atom is 0.305 e. The maximum absolute atomic E-state index is 12.9. The van der Waals surface area contributed by atoms with Crippen molar-refractivity contribution >= 4 is 41.0 Å². The third kappa shape index (κ3) is 4.52. The Balaban J connectivity index is 1.79. The van der Waals surface area contributed by atoms with Crippen LogP contribution in [0.25, 0.3) is 0 Å². The number of esters is 1. The van der Waals surface area contributed by atoms with Gasteiger partial charge in [0.2, 0.25) is 5.91 Å². The van der Waals surface area contributed by atoms with Gasteiger partial charge in [-0.1, -0.05) is 41.4 Å². The van der Waals surface area contributed by atoms with Gasteiger partial charge in [-0.25, -0.2) is 0 Å². The van der Waals surface area contributed by atoms with Crippen LogP contribution in [0.1, 0.15) is 34.3 Å². The lowest BCUT2D eigenvalue weighted by molar-refractivity contribution is -0.141. The second-order valence-electron chi connectivity index (χ2n) is 6.75. The molecule has 1 heterocycles. The number of benzene rings is 2. The summed E-state index contributed by atoms with van der Waals surface area (Å²) in [7, 11) is 1.26. The number of methoxy groups -OCH3 is 1.